The summed E-state index contributed by atoms with van der Waals surface area (Å²) >= 11 is 0. The predicted molar refractivity (Wildman–Crippen MR) is 116 cm³/mol. The topological polar surface area (TPSA) is 48.5 Å². The van der Waals surface area contributed by atoms with E-state index in [0.717, 1.165) is 58.5 Å². The van der Waals surface area contributed by atoms with Crippen LogP contribution in [0.15, 0.2) is 36.2 Å². The summed E-state index contributed by atoms with van der Waals surface area (Å²) in [5, 5.41) is 3.23. The number of carbonyl (C=O) groups excluding carboxylic acids is 1. The van der Waals surface area contributed by atoms with Gasteiger partial charge in [-0.05, 0) is 88.7 Å². The lowest BCUT2D eigenvalue weighted by molar-refractivity contribution is -0.127. The minimum atomic E-state index is 0.169. The molecule has 0 spiro atoms. The summed E-state index contributed by atoms with van der Waals surface area (Å²) < 4.78 is 0. The minimum absolute atomic E-state index is 0.169. The summed E-state index contributed by atoms with van der Waals surface area (Å²) in [6.07, 6.45) is 15.6. The van der Waals surface area contributed by atoms with Crippen molar-refractivity contribution in [3.05, 3.63) is 41.7 Å². The number of hydrogen-bond donors (Lipinski definition) is 1. The Morgan fingerprint density at radius 3 is 2.66 bits per heavy atom. The molecule has 29 heavy (non-hydrogen) atoms. The fourth-order valence-electron chi connectivity index (χ4n) is 5.15. The summed E-state index contributed by atoms with van der Waals surface area (Å²) in [7, 11) is 0. The summed E-state index contributed by atoms with van der Waals surface area (Å²) in [6.45, 7) is 6.19. The van der Waals surface area contributed by atoms with Crippen molar-refractivity contribution >= 4 is 5.91 Å². The van der Waals surface area contributed by atoms with Gasteiger partial charge in [-0.1, -0.05) is 11.6 Å². The van der Waals surface area contributed by atoms with Crippen LogP contribution in [0.5, 0.6) is 0 Å². The molecule has 158 valence electrons. The number of aromatic nitrogens is 1. The van der Waals surface area contributed by atoms with Gasteiger partial charge in [0, 0.05) is 38.1 Å². The van der Waals surface area contributed by atoms with Crippen LogP contribution < -0.4 is 5.32 Å². The Kier molecular flexibility index (Phi) is 7.33. The lowest BCUT2D eigenvalue weighted by atomic mass is 9.93. The fraction of sp³-hybridized carbons (Fsp3) is 0.667. The second kappa shape index (κ2) is 10.4. The van der Waals surface area contributed by atoms with Crippen LogP contribution in [0.1, 0.15) is 56.9 Å². The van der Waals surface area contributed by atoms with Crippen molar-refractivity contribution in [2.45, 2.75) is 64.0 Å². The summed E-state index contributed by atoms with van der Waals surface area (Å²) in [5.74, 6) is 0.444. The number of amides is 1. The standard InChI is InChI=1S/C24H36N4O/c29-24(26-17-20-5-2-1-3-6-20)22-7-4-14-28(19-22)23-10-15-27(16-11-23)18-21-8-12-25-13-9-21/h5,8-9,12-13,22-23H,1-4,6-7,10-11,14-19H2,(H,26,29)/t22-/m0/s1. The summed E-state index contributed by atoms with van der Waals surface area (Å²) in [6, 6.07) is 4.87. The van der Waals surface area contributed by atoms with Gasteiger partial charge in [0.1, 0.15) is 0 Å². The maximum Gasteiger partial charge on any atom is 0.224 e. The van der Waals surface area contributed by atoms with Crippen LogP contribution in [0.3, 0.4) is 0 Å². The summed E-state index contributed by atoms with van der Waals surface area (Å²) in [5.41, 5.74) is 2.78. The first-order valence-electron chi connectivity index (χ1n) is 11.6. The highest BCUT2D eigenvalue weighted by Crippen LogP contribution is 2.25. The SMILES string of the molecule is O=C(NCC1=CCCCC1)[C@H]1CCCN(C2CCN(Cc3ccncc3)CC2)C1. The smallest absolute Gasteiger partial charge is 0.224 e. The Morgan fingerprint density at radius 1 is 1.07 bits per heavy atom. The quantitative estimate of drug-likeness (QED) is 0.749. The lowest BCUT2D eigenvalue weighted by Crippen LogP contribution is -2.50. The fourth-order valence-corrected chi connectivity index (χ4v) is 5.15. The average molecular weight is 397 g/mol. The molecule has 5 nitrogen and oxygen atoms in total. The van der Waals surface area contributed by atoms with Gasteiger partial charge in [0.05, 0.1) is 5.92 Å². The zero-order valence-electron chi connectivity index (χ0n) is 17.7. The normalized spacial score (nSPS) is 24.8. The highest BCUT2D eigenvalue weighted by molar-refractivity contribution is 5.79. The molecular formula is C24H36N4O. The van der Waals surface area contributed by atoms with Crippen LogP contribution in [0.4, 0.5) is 0 Å². The van der Waals surface area contributed by atoms with E-state index in [0.29, 0.717) is 6.04 Å². The van der Waals surface area contributed by atoms with Crippen molar-refractivity contribution in [3.63, 3.8) is 0 Å². The predicted octanol–water partition coefficient (Wildman–Crippen LogP) is 3.37. The van der Waals surface area contributed by atoms with Crippen LogP contribution in [0.2, 0.25) is 0 Å². The van der Waals surface area contributed by atoms with Gasteiger partial charge in [-0.2, -0.15) is 0 Å². The molecule has 3 aliphatic rings. The molecule has 0 unspecified atom stereocenters. The molecule has 0 aromatic carbocycles. The number of nitrogens with zero attached hydrogens (tertiary/aromatic N) is 3. The molecule has 5 heteroatoms. The molecule has 3 heterocycles. The molecule has 2 fully saturated rings. The molecule has 1 N–H and O–H groups in total. The highest BCUT2D eigenvalue weighted by atomic mass is 16.1. The van der Waals surface area contributed by atoms with Crippen molar-refractivity contribution in [2.24, 2.45) is 5.92 Å². The summed E-state index contributed by atoms with van der Waals surface area (Å²) in [4.78, 5) is 22.0. The number of carbonyl (C=O) groups is 1. The van der Waals surface area contributed by atoms with Gasteiger partial charge < -0.3 is 5.32 Å². The van der Waals surface area contributed by atoms with Gasteiger partial charge >= 0.3 is 0 Å². The molecule has 0 radical (unpaired) electrons. The van der Waals surface area contributed by atoms with E-state index in [1.165, 1.54) is 43.2 Å². The van der Waals surface area contributed by atoms with Gasteiger partial charge in [-0.3, -0.25) is 19.6 Å². The van der Waals surface area contributed by atoms with E-state index < -0.39 is 0 Å². The monoisotopic (exact) mass is 396 g/mol. The molecule has 4 rings (SSSR count). The Labute approximate surface area is 175 Å². The van der Waals surface area contributed by atoms with Crippen LogP contribution >= 0.6 is 0 Å². The largest absolute Gasteiger partial charge is 0.352 e. The molecule has 1 aromatic rings. The zero-order valence-corrected chi connectivity index (χ0v) is 17.7. The van der Waals surface area contributed by atoms with Crippen molar-refractivity contribution < 1.29 is 4.79 Å². The third kappa shape index (κ3) is 5.89. The molecule has 1 aliphatic carbocycles. The third-order valence-corrected chi connectivity index (χ3v) is 6.93. The van der Waals surface area contributed by atoms with Crippen LogP contribution in [-0.4, -0.2) is 59.5 Å². The van der Waals surface area contributed by atoms with Gasteiger partial charge in [-0.15, -0.1) is 0 Å². The molecule has 0 saturated carbocycles. The maximum atomic E-state index is 12.7. The number of allylic oxidation sites excluding steroid dienone is 1. The molecular weight excluding hydrogens is 360 g/mol. The van der Waals surface area contributed by atoms with E-state index in [1.807, 2.05) is 12.4 Å². The van der Waals surface area contributed by atoms with Crippen molar-refractivity contribution in [2.75, 3.05) is 32.7 Å². The Balaban J connectivity index is 1.21. The van der Waals surface area contributed by atoms with Crippen molar-refractivity contribution in [1.29, 1.82) is 0 Å². The van der Waals surface area contributed by atoms with Gasteiger partial charge in [-0.25, -0.2) is 0 Å². The average Bonchev–Trinajstić information content (AvgIpc) is 2.79. The molecule has 2 saturated heterocycles. The Bertz CT molecular complexity index is 681. The van der Waals surface area contributed by atoms with E-state index in [4.69, 9.17) is 0 Å². The first kappa shape index (κ1) is 20.5. The number of likely N-dealkylation sites (tertiary alicyclic amines) is 2. The number of nitrogens with one attached hydrogen (secondary N) is 1. The molecule has 1 amide bonds. The van der Waals surface area contributed by atoms with Crippen LogP contribution in [-0.2, 0) is 11.3 Å². The molecule has 1 aromatic heterocycles. The van der Waals surface area contributed by atoms with E-state index in [2.05, 4.69) is 38.3 Å². The maximum absolute atomic E-state index is 12.7. The Morgan fingerprint density at radius 2 is 1.90 bits per heavy atom. The van der Waals surface area contributed by atoms with Crippen LogP contribution in [0.25, 0.3) is 0 Å². The van der Waals surface area contributed by atoms with E-state index in [-0.39, 0.29) is 11.8 Å². The van der Waals surface area contributed by atoms with Gasteiger partial charge in [0.2, 0.25) is 5.91 Å². The van der Waals surface area contributed by atoms with E-state index in [1.54, 1.807) is 0 Å². The van der Waals surface area contributed by atoms with Gasteiger partial charge in [0.15, 0.2) is 0 Å². The number of piperidine rings is 2. The Hall–Kier alpha value is -1.72. The highest BCUT2D eigenvalue weighted by Gasteiger charge is 2.31. The third-order valence-electron chi connectivity index (χ3n) is 6.93. The number of rotatable bonds is 6. The van der Waals surface area contributed by atoms with E-state index in [9.17, 15) is 4.79 Å². The van der Waals surface area contributed by atoms with Crippen LogP contribution in [0, 0.1) is 5.92 Å². The number of hydrogen-bond acceptors (Lipinski definition) is 4. The van der Waals surface area contributed by atoms with E-state index >= 15 is 0 Å². The lowest BCUT2D eigenvalue weighted by Gasteiger charge is -2.42. The van der Waals surface area contributed by atoms with Gasteiger partial charge in [0.25, 0.3) is 0 Å². The molecule has 0 bridgehead atoms. The van der Waals surface area contributed by atoms with Crippen molar-refractivity contribution in [3.8, 4) is 0 Å². The minimum Gasteiger partial charge on any atom is -0.352 e. The van der Waals surface area contributed by atoms with Crippen molar-refractivity contribution in [1.82, 2.24) is 20.1 Å². The molecule has 2 aliphatic heterocycles. The number of pyridine rings is 1. The zero-order chi connectivity index (χ0) is 19.9. The first-order valence-corrected chi connectivity index (χ1v) is 11.6. The second-order valence-corrected chi connectivity index (χ2v) is 9.02. The second-order valence-electron chi connectivity index (χ2n) is 9.02. The molecule has 1 atom stereocenters. The first-order chi connectivity index (χ1) is 14.3.